The van der Waals surface area contributed by atoms with Crippen LogP contribution in [0.25, 0.3) is 0 Å². The second-order valence-corrected chi connectivity index (χ2v) is 7.04. The number of nitrogen functional groups attached to an aromatic ring is 1. The quantitative estimate of drug-likeness (QED) is 0.215. The minimum absolute atomic E-state index is 0.248. The minimum Gasteiger partial charge on any atom is -0.399 e. The Kier molecular flexibility index (Phi) is 12.2. The summed E-state index contributed by atoms with van der Waals surface area (Å²) in [6, 6.07) is 7.27. The number of hydrogen-bond acceptors (Lipinski definition) is 2. The smallest absolute Gasteiger partial charge is 0.162 e. The molecule has 2 N–H and O–H groups in total. The Morgan fingerprint density at radius 3 is 1.58 bits per heavy atom. The lowest BCUT2D eigenvalue weighted by molar-refractivity contribution is 0.0979. The summed E-state index contributed by atoms with van der Waals surface area (Å²) in [7, 11) is 0. The number of benzene rings is 1. The largest absolute Gasteiger partial charge is 0.399 e. The predicted molar refractivity (Wildman–Crippen MR) is 105 cm³/mol. The third-order valence-electron chi connectivity index (χ3n) is 4.74. The fourth-order valence-electron chi connectivity index (χ4n) is 3.12. The number of carbonyl (C=O) groups excluding carboxylic acids is 1. The second kappa shape index (κ2) is 14.1. The zero-order valence-electron chi connectivity index (χ0n) is 15.7. The number of Topliss-reactive ketones (excluding diaryl/α,β-unsaturated/α-hetero) is 1. The molecule has 0 radical (unpaired) electrons. The number of ketones is 1. The highest BCUT2D eigenvalue weighted by Crippen LogP contribution is 2.14. The number of hydrogen-bond donors (Lipinski definition) is 1. The van der Waals surface area contributed by atoms with Crippen molar-refractivity contribution in [1.29, 1.82) is 0 Å². The van der Waals surface area contributed by atoms with E-state index < -0.39 is 0 Å². The molecule has 0 saturated heterocycles. The van der Waals surface area contributed by atoms with Gasteiger partial charge in [-0.3, -0.25) is 4.79 Å². The van der Waals surface area contributed by atoms with E-state index in [0.717, 1.165) is 12.0 Å². The number of rotatable bonds is 15. The summed E-state index contributed by atoms with van der Waals surface area (Å²) in [5, 5.41) is 0. The van der Waals surface area contributed by atoms with E-state index in [-0.39, 0.29) is 5.78 Å². The van der Waals surface area contributed by atoms with Crippen LogP contribution in [0, 0.1) is 0 Å². The van der Waals surface area contributed by atoms with Crippen LogP contribution in [0.4, 0.5) is 5.69 Å². The van der Waals surface area contributed by atoms with Crippen LogP contribution in [-0.4, -0.2) is 5.78 Å². The molecule has 0 aromatic heterocycles. The molecular weight excluding hydrogens is 294 g/mol. The molecule has 0 spiro atoms. The number of anilines is 1. The zero-order chi connectivity index (χ0) is 17.5. The van der Waals surface area contributed by atoms with Gasteiger partial charge >= 0.3 is 0 Å². The first-order valence-electron chi connectivity index (χ1n) is 10.1. The average Bonchev–Trinajstić information content (AvgIpc) is 2.59. The Balaban J connectivity index is 1.87. The molecule has 0 amide bonds. The molecule has 0 atom stereocenters. The lowest BCUT2D eigenvalue weighted by Crippen LogP contribution is -1.99. The molecule has 1 aromatic rings. The summed E-state index contributed by atoms with van der Waals surface area (Å²) in [6.45, 7) is 2.27. The van der Waals surface area contributed by atoms with Gasteiger partial charge in [0, 0.05) is 17.7 Å². The Labute approximate surface area is 149 Å². The first-order valence-corrected chi connectivity index (χ1v) is 10.1. The van der Waals surface area contributed by atoms with Crippen molar-refractivity contribution >= 4 is 11.5 Å². The van der Waals surface area contributed by atoms with Gasteiger partial charge in [0.05, 0.1) is 0 Å². The lowest BCUT2D eigenvalue weighted by Gasteiger charge is -2.04. The Bertz CT molecular complexity index is 424. The van der Waals surface area contributed by atoms with Crippen LogP contribution in [-0.2, 0) is 0 Å². The van der Waals surface area contributed by atoms with E-state index in [9.17, 15) is 4.79 Å². The van der Waals surface area contributed by atoms with Gasteiger partial charge in [0.25, 0.3) is 0 Å². The van der Waals surface area contributed by atoms with E-state index >= 15 is 0 Å². The minimum atomic E-state index is 0.248. The van der Waals surface area contributed by atoms with Crippen molar-refractivity contribution in [2.24, 2.45) is 0 Å². The summed E-state index contributed by atoms with van der Waals surface area (Å²) < 4.78 is 0. The fourth-order valence-corrected chi connectivity index (χ4v) is 3.12. The first kappa shape index (κ1) is 20.7. The van der Waals surface area contributed by atoms with E-state index in [1.807, 2.05) is 12.1 Å². The highest BCUT2D eigenvalue weighted by atomic mass is 16.1. The normalized spacial score (nSPS) is 10.9. The molecule has 0 heterocycles. The van der Waals surface area contributed by atoms with Gasteiger partial charge in [-0.2, -0.15) is 0 Å². The van der Waals surface area contributed by atoms with Crippen LogP contribution in [0.5, 0.6) is 0 Å². The molecule has 2 heteroatoms. The van der Waals surface area contributed by atoms with Gasteiger partial charge in [-0.25, -0.2) is 0 Å². The van der Waals surface area contributed by atoms with Crippen molar-refractivity contribution in [2.75, 3.05) is 5.73 Å². The van der Waals surface area contributed by atoms with Gasteiger partial charge in [-0.15, -0.1) is 0 Å². The Hall–Kier alpha value is -1.31. The highest BCUT2D eigenvalue weighted by Gasteiger charge is 2.04. The van der Waals surface area contributed by atoms with E-state index in [4.69, 9.17) is 5.73 Å². The van der Waals surface area contributed by atoms with Gasteiger partial charge in [-0.05, 0) is 30.7 Å². The van der Waals surface area contributed by atoms with Gasteiger partial charge in [-0.1, -0.05) is 84.0 Å². The topological polar surface area (TPSA) is 43.1 Å². The van der Waals surface area contributed by atoms with Crippen LogP contribution in [0.3, 0.4) is 0 Å². The summed E-state index contributed by atoms with van der Waals surface area (Å²) in [5.41, 5.74) is 7.15. The van der Waals surface area contributed by atoms with Crippen molar-refractivity contribution in [3.63, 3.8) is 0 Å². The molecule has 0 aliphatic heterocycles. The van der Waals surface area contributed by atoms with Crippen LogP contribution >= 0.6 is 0 Å². The molecule has 0 aliphatic rings. The molecule has 0 aliphatic carbocycles. The molecule has 1 aromatic carbocycles. The number of carbonyl (C=O) groups is 1. The van der Waals surface area contributed by atoms with E-state index in [1.165, 1.54) is 77.0 Å². The third kappa shape index (κ3) is 10.5. The Morgan fingerprint density at radius 1 is 0.708 bits per heavy atom. The van der Waals surface area contributed by atoms with Crippen molar-refractivity contribution in [3.8, 4) is 0 Å². The van der Waals surface area contributed by atoms with E-state index in [1.54, 1.807) is 12.1 Å². The Morgan fingerprint density at radius 2 is 1.12 bits per heavy atom. The molecule has 1 rings (SSSR count). The first-order chi connectivity index (χ1) is 11.7. The molecule has 0 fully saturated rings. The highest BCUT2D eigenvalue weighted by molar-refractivity contribution is 5.96. The monoisotopic (exact) mass is 331 g/mol. The summed E-state index contributed by atoms with van der Waals surface area (Å²) >= 11 is 0. The molecule has 0 saturated carbocycles. The molecule has 0 bridgehead atoms. The maximum Gasteiger partial charge on any atom is 0.162 e. The van der Waals surface area contributed by atoms with Crippen molar-refractivity contribution in [3.05, 3.63) is 29.8 Å². The van der Waals surface area contributed by atoms with E-state index in [2.05, 4.69) is 6.92 Å². The SMILES string of the molecule is CCCCCCCCCCCCCCCC(=O)c1ccc(N)cc1. The van der Waals surface area contributed by atoms with Crippen LogP contribution < -0.4 is 5.73 Å². The predicted octanol–water partition coefficient (Wildman–Crippen LogP) is 6.93. The number of unbranched alkanes of at least 4 members (excludes halogenated alkanes) is 12. The third-order valence-corrected chi connectivity index (χ3v) is 4.74. The molecule has 2 nitrogen and oxygen atoms in total. The summed E-state index contributed by atoms with van der Waals surface area (Å²) in [6.07, 6.45) is 18.0. The van der Waals surface area contributed by atoms with Gasteiger partial charge in [0.2, 0.25) is 0 Å². The summed E-state index contributed by atoms with van der Waals surface area (Å²) in [5.74, 6) is 0.248. The van der Waals surface area contributed by atoms with Crippen molar-refractivity contribution in [2.45, 2.75) is 96.8 Å². The molecule has 0 unspecified atom stereocenters. The maximum atomic E-state index is 12.0. The van der Waals surface area contributed by atoms with Crippen LogP contribution in [0.2, 0.25) is 0 Å². The molecule has 136 valence electrons. The van der Waals surface area contributed by atoms with Gasteiger partial charge < -0.3 is 5.73 Å². The van der Waals surface area contributed by atoms with Crippen molar-refractivity contribution < 1.29 is 4.79 Å². The number of nitrogens with two attached hydrogens (primary N) is 1. The van der Waals surface area contributed by atoms with Gasteiger partial charge in [0.1, 0.15) is 0 Å². The van der Waals surface area contributed by atoms with Crippen LogP contribution in [0.15, 0.2) is 24.3 Å². The maximum absolute atomic E-state index is 12.0. The van der Waals surface area contributed by atoms with Crippen LogP contribution in [0.1, 0.15) is 107 Å². The van der Waals surface area contributed by atoms with E-state index in [0.29, 0.717) is 12.1 Å². The van der Waals surface area contributed by atoms with Crippen molar-refractivity contribution in [1.82, 2.24) is 0 Å². The fraction of sp³-hybridized carbons (Fsp3) is 0.682. The zero-order valence-corrected chi connectivity index (χ0v) is 15.7. The lowest BCUT2D eigenvalue weighted by atomic mass is 10.0. The average molecular weight is 332 g/mol. The molecule has 24 heavy (non-hydrogen) atoms. The summed E-state index contributed by atoms with van der Waals surface area (Å²) in [4.78, 5) is 12.0. The molecular formula is C22H37NO. The standard InChI is InChI=1S/C22H37NO/c1-2-3-4-5-6-7-8-9-10-11-12-13-14-15-22(24)20-16-18-21(23)19-17-20/h16-19H,2-15,23H2,1H3. The van der Waals surface area contributed by atoms with Gasteiger partial charge in [0.15, 0.2) is 5.78 Å². The second-order valence-electron chi connectivity index (χ2n) is 7.04.